The van der Waals surface area contributed by atoms with Crippen LogP contribution in [-0.4, -0.2) is 43.1 Å². The third-order valence-electron chi connectivity index (χ3n) is 3.81. The van der Waals surface area contributed by atoms with Gasteiger partial charge < -0.3 is 5.11 Å². The van der Waals surface area contributed by atoms with Crippen LogP contribution < -0.4 is 0 Å². The summed E-state index contributed by atoms with van der Waals surface area (Å²) in [5.41, 5.74) is 0.500. The second kappa shape index (κ2) is 10.5. The van der Waals surface area contributed by atoms with Gasteiger partial charge in [0.15, 0.2) is 0 Å². The van der Waals surface area contributed by atoms with Crippen LogP contribution in [0.2, 0.25) is 0 Å². The highest BCUT2D eigenvalue weighted by molar-refractivity contribution is 7.88. The molecule has 1 N–H and O–H groups in total. The molecule has 0 bridgehead atoms. The van der Waals surface area contributed by atoms with Crippen molar-refractivity contribution in [3.63, 3.8) is 0 Å². The minimum absolute atomic E-state index is 0.125. The molecule has 0 aliphatic carbocycles. The van der Waals surface area contributed by atoms with Gasteiger partial charge in [0.2, 0.25) is 10.0 Å². The molecule has 8 heteroatoms. The van der Waals surface area contributed by atoms with E-state index in [0.29, 0.717) is 37.8 Å². The molecule has 1 rings (SSSR count). The molecular formula is C17H25F2NO4S. The van der Waals surface area contributed by atoms with Crippen molar-refractivity contribution in [2.24, 2.45) is 0 Å². The molecule has 0 fully saturated rings. The van der Waals surface area contributed by atoms with Gasteiger partial charge in [-0.2, -0.15) is 0 Å². The number of aryl methyl sites for hydroxylation is 1. The summed E-state index contributed by atoms with van der Waals surface area (Å²) in [5.74, 6) is -2.11. The standard InChI is InChI=1S/C17H25F2NO4S/c1-25(23,24)20(9-5-3-2-4-8-17(21)22)10-6-7-14-11-15(18)13-16(19)12-14/h11-13H,2-10H2,1H3,(H,21,22). The minimum Gasteiger partial charge on any atom is -0.481 e. The fourth-order valence-corrected chi connectivity index (χ4v) is 3.50. The van der Waals surface area contributed by atoms with Crippen LogP contribution in [0.25, 0.3) is 0 Å². The van der Waals surface area contributed by atoms with Gasteiger partial charge in [-0.3, -0.25) is 4.79 Å². The van der Waals surface area contributed by atoms with Crippen LogP contribution in [0.1, 0.15) is 44.1 Å². The fourth-order valence-electron chi connectivity index (χ4n) is 2.58. The Bertz CT molecular complexity index is 644. The van der Waals surface area contributed by atoms with Gasteiger partial charge in [0.25, 0.3) is 0 Å². The average molecular weight is 377 g/mol. The van der Waals surface area contributed by atoms with E-state index in [1.807, 2.05) is 0 Å². The van der Waals surface area contributed by atoms with Gasteiger partial charge in [0.1, 0.15) is 11.6 Å². The number of aliphatic carboxylic acids is 1. The number of hydrogen-bond acceptors (Lipinski definition) is 3. The highest BCUT2D eigenvalue weighted by atomic mass is 32.2. The van der Waals surface area contributed by atoms with E-state index in [4.69, 9.17) is 5.11 Å². The molecule has 25 heavy (non-hydrogen) atoms. The first-order valence-electron chi connectivity index (χ1n) is 8.30. The Kier molecular flexibility index (Phi) is 8.99. The first kappa shape index (κ1) is 21.5. The topological polar surface area (TPSA) is 74.7 Å². The van der Waals surface area contributed by atoms with Gasteiger partial charge in [0.05, 0.1) is 6.26 Å². The second-order valence-electron chi connectivity index (χ2n) is 6.10. The Hall–Kier alpha value is -1.54. The number of carboxylic acid groups (broad SMARTS) is 1. The Balaban J connectivity index is 2.39. The maximum Gasteiger partial charge on any atom is 0.303 e. The number of carboxylic acids is 1. The second-order valence-corrected chi connectivity index (χ2v) is 8.08. The SMILES string of the molecule is CS(=O)(=O)N(CCCCCCC(=O)O)CCCc1cc(F)cc(F)c1. The highest BCUT2D eigenvalue weighted by Crippen LogP contribution is 2.12. The Labute approximate surface area is 147 Å². The molecule has 0 heterocycles. The number of benzene rings is 1. The molecule has 0 aliphatic rings. The summed E-state index contributed by atoms with van der Waals surface area (Å²) in [4.78, 5) is 10.4. The van der Waals surface area contributed by atoms with Crippen LogP contribution in [0.5, 0.6) is 0 Å². The summed E-state index contributed by atoms with van der Waals surface area (Å²) >= 11 is 0. The molecule has 0 atom stereocenters. The van der Waals surface area contributed by atoms with Crippen molar-refractivity contribution in [2.75, 3.05) is 19.3 Å². The molecule has 1 aromatic carbocycles. The third kappa shape index (κ3) is 9.50. The van der Waals surface area contributed by atoms with Crippen molar-refractivity contribution >= 4 is 16.0 Å². The summed E-state index contributed by atoms with van der Waals surface area (Å²) < 4.78 is 51.3. The molecule has 142 valence electrons. The molecule has 0 aromatic heterocycles. The number of rotatable bonds is 12. The molecule has 0 unspecified atom stereocenters. The van der Waals surface area contributed by atoms with Crippen molar-refractivity contribution in [3.8, 4) is 0 Å². The van der Waals surface area contributed by atoms with E-state index in [0.717, 1.165) is 25.2 Å². The molecule has 0 radical (unpaired) electrons. The van der Waals surface area contributed by atoms with Gasteiger partial charge in [-0.05, 0) is 43.4 Å². The van der Waals surface area contributed by atoms with Gasteiger partial charge in [-0.15, -0.1) is 0 Å². The zero-order valence-electron chi connectivity index (χ0n) is 14.4. The number of hydrogen-bond donors (Lipinski definition) is 1. The predicted octanol–water partition coefficient (Wildman–Crippen LogP) is 3.19. The van der Waals surface area contributed by atoms with Crippen LogP contribution in [0.3, 0.4) is 0 Å². The smallest absolute Gasteiger partial charge is 0.303 e. The van der Waals surface area contributed by atoms with Crippen LogP contribution in [-0.2, 0) is 21.2 Å². The Morgan fingerprint density at radius 3 is 2.12 bits per heavy atom. The summed E-state index contributed by atoms with van der Waals surface area (Å²) in [5, 5.41) is 8.56. The number of sulfonamides is 1. The monoisotopic (exact) mass is 377 g/mol. The minimum atomic E-state index is -3.35. The molecule has 5 nitrogen and oxygen atoms in total. The first-order chi connectivity index (χ1) is 11.7. The zero-order chi connectivity index (χ0) is 18.9. The number of halogens is 2. The van der Waals surface area contributed by atoms with Crippen molar-refractivity contribution < 1.29 is 27.1 Å². The lowest BCUT2D eigenvalue weighted by atomic mass is 10.1. The van der Waals surface area contributed by atoms with Crippen LogP contribution in [0.15, 0.2) is 18.2 Å². The van der Waals surface area contributed by atoms with Gasteiger partial charge >= 0.3 is 5.97 Å². The summed E-state index contributed by atoms with van der Waals surface area (Å²) in [7, 11) is -3.35. The lowest BCUT2D eigenvalue weighted by molar-refractivity contribution is -0.137. The van der Waals surface area contributed by atoms with E-state index in [2.05, 4.69) is 0 Å². The fraction of sp³-hybridized carbons (Fsp3) is 0.588. The quantitative estimate of drug-likeness (QED) is 0.568. The lowest BCUT2D eigenvalue weighted by Gasteiger charge is -2.20. The Morgan fingerprint density at radius 2 is 1.56 bits per heavy atom. The van der Waals surface area contributed by atoms with Crippen molar-refractivity contribution in [1.82, 2.24) is 4.31 Å². The first-order valence-corrected chi connectivity index (χ1v) is 10.1. The zero-order valence-corrected chi connectivity index (χ0v) is 15.2. The van der Waals surface area contributed by atoms with Crippen LogP contribution in [0.4, 0.5) is 8.78 Å². The summed E-state index contributed by atoms with van der Waals surface area (Å²) in [6, 6.07) is 3.29. The molecule has 0 saturated carbocycles. The van der Waals surface area contributed by atoms with Crippen molar-refractivity contribution in [2.45, 2.75) is 44.9 Å². The lowest BCUT2D eigenvalue weighted by Crippen LogP contribution is -2.32. The predicted molar refractivity (Wildman–Crippen MR) is 91.8 cm³/mol. The van der Waals surface area contributed by atoms with E-state index in [1.165, 1.54) is 16.4 Å². The molecule has 0 amide bonds. The van der Waals surface area contributed by atoms with Gasteiger partial charge in [-0.1, -0.05) is 12.8 Å². The van der Waals surface area contributed by atoms with Crippen molar-refractivity contribution in [3.05, 3.63) is 35.4 Å². The summed E-state index contributed by atoms with van der Waals surface area (Å²) in [6.45, 7) is 0.648. The molecule has 0 spiro atoms. The molecular weight excluding hydrogens is 352 g/mol. The average Bonchev–Trinajstić information content (AvgIpc) is 2.46. The van der Waals surface area contributed by atoms with E-state index in [-0.39, 0.29) is 13.0 Å². The maximum absolute atomic E-state index is 13.1. The van der Waals surface area contributed by atoms with Crippen LogP contribution in [0, 0.1) is 11.6 Å². The van der Waals surface area contributed by atoms with Crippen LogP contribution >= 0.6 is 0 Å². The maximum atomic E-state index is 13.1. The van der Waals surface area contributed by atoms with E-state index < -0.39 is 27.6 Å². The number of unbranched alkanes of at least 4 members (excludes halogenated alkanes) is 3. The molecule has 0 saturated heterocycles. The molecule has 0 aliphatic heterocycles. The Morgan fingerprint density at radius 1 is 1.00 bits per heavy atom. The normalized spacial score (nSPS) is 11.8. The summed E-state index contributed by atoms with van der Waals surface area (Å²) in [6.07, 6.45) is 4.86. The van der Waals surface area contributed by atoms with E-state index in [9.17, 15) is 22.0 Å². The largest absolute Gasteiger partial charge is 0.481 e. The molecule has 1 aromatic rings. The van der Waals surface area contributed by atoms with Gasteiger partial charge in [-0.25, -0.2) is 21.5 Å². The third-order valence-corrected chi connectivity index (χ3v) is 5.12. The van der Waals surface area contributed by atoms with Gasteiger partial charge in [0, 0.05) is 25.6 Å². The number of nitrogens with zero attached hydrogens (tertiary/aromatic N) is 1. The highest BCUT2D eigenvalue weighted by Gasteiger charge is 2.15. The number of carbonyl (C=O) groups is 1. The van der Waals surface area contributed by atoms with Crippen molar-refractivity contribution in [1.29, 1.82) is 0 Å². The van der Waals surface area contributed by atoms with E-state index in [1.54, 1.807) is 0 Å². The van der Waals surface area contributed by atoms with E-state index >= 15 is 0 Å².